The fraction of sp³-hybridized carbons (Fsp3) is 0.647. The highest BCUT2D eigenvalue weighted by Gasteiger charge is 2.22. The van der Waals surface area contributed by atoms with Gasteiger partial charge in [0.25, 0.3) is 0 Å². The van der Waals surface area contributed by atoms with Gasteiger partial charge in [-0.2, -0.15) is 0 Å². The van der Waals surface area contributed by atoms with E-state index in [2.05, 4.69) is 48.3 Å². The predicted molar refractivity (Wildman–Crippen MR) is 85.9 cm³/mol. The number of nitrogens with one attached hydrogen (secondary N) is 1. The van der Waals surface area contributed by atoms with E-state index in [0.29, 0.717) is 12.1 Å². The number of morpholine rings is 1. The summed E-state index contributed by atoms with van der Waals surface area (Å²) in [5, 5.41) is 3.43. The number of hydrogen-bond donors (Lipinski definition) is 1. The van der Waals surface area contributed by atoms with Crippen molar-refractivity contribution in [3.05, 3.63) is 29.8 Å². The van der Waals surface area contributed by atoms with Gasteiger partial charge in [-0.3, -0.25) is 4.90 Å². The van der Waals surface area contributed by atoms with Crippen molar-refractivity contribution in [2.45, 2.75) is 32.4 Å². The van der Waals surface area contributed by atoms with E-state index in [1.807, 2.05) is 7.05 Å². The summed E-state index contributed by atoms with van der Waals surface area (Å²) >= 11 is 0. The molecule has 2 unspecified atom stereocenters. The van der Waals surface area contributed by atoms with Crippen molar-refractivity contribution < 1.29 is 9.47 Å². The first kappa shape index (κ1) is 16.3. The number of nitrogens with zero attached hydrogens (tertiary/aromatic N) is 1. The fourth-order valence-corrected chi connectivity index (χ4v) is 2.65. The SMILES string of the molecule is CCCOc1ccc(C(CN2CCOCC2C)NC)cc1. The Bertz CT molecular complexity index is 408. The lowest BCUT2D eigenvalue weighted by atomic mass is 10.1. The average molecular weight is 292 g/mol. The lowest BCUT2D eigenvalue weighted by molar-refractivity contribution is -0.00416. The zero-order valence-electron chi connectivity index (χ0n) is 13.5. The van der Waals surface area contributed by atoms with Gasteiger partial charge in [-0.05, 0) is 38.1 Å². The quantitative estimate of drug-likeness (QED) is 0.837. The molecule has 118 valence electrons. The van der Waals surface area contributed by atoms with Gasteiger partial charge < -0.3 is 14.8 Å². The lowest BCUT2D eigenvalue weighted by Gasteiger charge is -2.35. The van der Waals surface area contributed by atoms with E-state index in [0.717, 1.165) is 45.1 Å². The highest BCUT2D eigenvalue weighted by Crippen LogP contribution is 2.20. The predicted octanol–water partition coefficient (Wildman–Crippen LogP) is 2.46. The van der Waals surface area contributed by atoms with E-state index in [9.17, 15) is 0 Å². The Morgan fingerprint density at radius 1 is 1.38 bits per heavy atom. The first-order chi connectivity index (χ1) is 10.2. The van der Waals surface area contributed by atoms with E-state index in [4.69, 9.17) is 9.47 Å². The maximum atomic E-state index is 5.64. The molecule has 0 aromatic heterocycles. The van der Waals surface area contributed by atoms with E-state index in [-0.39, 0.29) is 0 Å². The molecule has 21 heavy (non-hydrogen) atoms. The third-order valence-electron chi connectivity index (χ3n) is 4.03. The molecule has 2 rings (SSSR count). The van der Waals surface area contributed by atoms with E-state index in [1.165, 1.54) is 5.56 Å². The maximum absolute atomic E-state index is 5.64. The summed E-state index contributed by atoms with van der Waals surface area (Å²) in [5.41, 5.74) is 1.31. The standard InChI is InChI=1S/C17H28N2O2/c1-4-10-21-16-7-5-15(6-8-16)17(18-3)12-19-9-11-20-13-14(19)2/h5-8,14,17-18H,4,9-13H2,1-3H3. The van der Waals surface area contributed by atoms with Crippen molar-refractivity contribution in [1.82, 2.24) is 10.2 Å². The summed E-state index contributed by atoms with van der Waals surface area (Å²) < 4.78 is 11.2. The topological polar surface area (TPSA) is 33.7 Å². The fourth-order valence-electron chi connectivity index (χ4n) is 2.65. The van der Waals surface area contributed by atoms with Crippen LogP contribution in [0.15, 0.2) is 24.3 Å². The van der Waals surface area contributed by atoms with Gasteiger partial charge in [0.2, 0.25) is 0 Å². The van der Waals surface area contributed by atoms with Crippen LogP contribution in [0.1, 0.15) is 31.9 Å². The smallest absolute Gasteiger partial charge is 0.119 e. The van der Waals surface area contributed by atoms with Crippen molar-refractivity contribution in [2.24, 2.45) is 0 Å². The van der Waals surface area contributed by atoms with Gasteiger partial charge in [0.05, 0.1) is 19.8 Å². The summed E-state index contributed by atoms with van der Waals surface area (Å²) in [6.45, 7) is 8.82. The summed E-state index contributed by atoms with van der Waals surface area (Å²) in [6, 6.07) is 9.29. The molecule has 4 nitrogen and oxygen atoms in total. The Hall–Kier alpha value is -1.10. The molecule has 1 fully saturated rings. The number of ether oxygens (including phenoxy) is 2. The van der Waals surface area contributed by atoms with Crippen LogP contribution in [0.25, 0.3) is 0 Å². The summed E-state index contributed by atoms with van der Waals surface area (Å²) in [5.74, 6) is 0.954. The molecule has 1 heterocycles. The minimum Gasteiger partial charge on any atom is -0.494 e. The van der Waals surface area contributed by atoms with Crippen LogP contribution in [-0.2, 0) is 4.74 Å². The Morgan fingerprint density at radius 2 is 2.14 bits per heavy atom. The number of hydrogen-bond acceptors (Lipinski definition) is 4. The number of benzene rings is 1. The third kappa shape index (κ3) is 4.70. The van der Waals surface area contributed by atoms with Gasteiger partial charge >= 0.3 is 0 Å². The number of rotatable bonds is 7. The van der Waals surface area contributed by atoms with E-state index < -0.39 is 0 Å². The van der Waals surface area contributed by atoms with Gasteiger partial charge in [0.15, 0.2) is 0 Å². The molecule has 1 aliphatic heterocycles. The normalized spacial score (nSPS) is 21.2. The van der Waals surface area contributed by atoms with Gasteiger partial charge in [0, 0.05) is 25.2 Å². The molecule has 1 aliphatic rings. The molecule has 1 N–H and O–H groups in total. The van der Waals surface area contributed by atoms with Gasteiger partial charge in [-0.1, -0.05) is 19.1 Å². The molecule has 0 radical (unpaired) electrons. The Morgan fingerprint density at radius 3 is 2.76 bits per heavy atom. The molecule has 1 saturated heterocycles. The van der Waals surface area contributed by atoms with Gasteiger partial charge in [-0.25, -0.2) is 0 Å². The largest absolute Gasteiger partial charge is 0.494 e. The zero-order chi connectivity index (χ0) is 15.1. The molecule has 1 aromatic rings. The molecule has 0 spiro atoms. The van der Waals surface area contributed by atoms with Crippen LogP contribution >= 0.6 is 0 Å². The zero-order valence-corrected chi connectivity index (χ0v) is 13.5. The summed E-state index contributed by atoms with van der Waals surface area (Å²) in [7, 11) is 2.03. The minimum absolute atomic E-state index is 0.339. The van der Waals surface area contributed by atoms with Crippen molar-refractivity contribution in [2.75, 3.05) is 40.0 Å². The first-order valence-corrected chi connectivity index (χ1v) is 7.96. The second kappa shape index (κ2) is 8.37. The van der Waals surface area contributed by atoms with Crippen LogP contribution in [0, 0.1) is 0 Å². The summed E-state index contributed by atoms with van der Waals surface area (Å²) in [4.78, 5) is 2.49. The van der Waals surface area contributed by atoms with E-state index >= 15 is 0 Å². The second-order valence-corrected chi connectivity index (χ2v) is 5.68. The molecular formula is C17H28N2O2. The van der Waals surface area contributed by atoms with Crippen LogP contribution in [0.5, 0.6) is 5.75 Å². The molecule has 4 heteroatoms. The van der Waals surface area contributed by atoms with E-state index in [1.54, 1.807) is 0 Å². The lowest BCUT2D eigenvalue weighted by Crippen LogP contribution is -2.46. The van der Waals surface area contributed by atoms with Crippen molar-refractivity contribution in [1.29, 1.82) is 0 Å². The van der Waals surface area contributed by atoms with Crippen LogP contribution < -0.4 is 10.1 Å². The Labute approximate surface area is 128 Å². The highest BCUT2D eigenvalue weighted by molar-refractivity contribution is 5.29. The van der Waals surface area contributed by atoms with Crippen LogP contribution in [0.3, 0.4) is 0 Å². The molecule has 2 atom stereocenters. The highest BCUT2D eigenvalue weighted by atomic mass is 16.5. The van der Waals surface area contributed by atoms with Crippen molar-refractivity contribution >= 4 is 0 Å². The first-order valence-electron chi connectivity index (χ1n) is 7.96. The summed E-state index contributed by atoms with van der Waals surface area (Å²) in [6.07, 6.45) is 1.04. The van der Waals surface area contributed by atoms with Crippen molar-refractivity contribution in [3.63, 3.8) is 0 Å². The molecular weight excluding hydrogens is 264 g/mol. The Balaban J connectivity index is 1.96. The van der Waals surface area contributed by atoms with Crippen LogP contribution in [-0.4, -0.2) is 50.9 Å². The molecule has 0 aliphatic carbocycles. The minimum atomic E-state index is 0.339. The van der Waals surface area contributed by atoms with Gasteiger partial charge in [0.1, 0.15) is 5.75 Å². The molecule has 0 saturated carbocycles. The average Bonchev–Trinajstić information content (AvgIpc) is 2.53. The van der Waals surface area contributed by atoms with Crippen LogP contribution in [0.2, 0.25) is 0 Å². The van der Waals surface area contributed by atoms with Crippen molar-refractivity contribution in [3.8, 4) is 5.75 Å². The maximum Gasteiger partial charge on any atom is 0.119 e. The second-order valence-electron chi connectivity index (χ2n) is 5.68. The molecule has 0 amide bonds. The monoisotopic (exact) mass is 292 g/mol. The Kier molecular flexibility index (Phi) is 6.49. The molecule has 1 aromatic carbocycles. The van der Waals surface area contributed by atoms with Gasteiger partial charge in [-0.15, -0.1) is 0 Å². The number of likely N-dealkylation sites (N-methyl/N-ethyl adjacent to an activating group) is 1. The van der Waals surface area contributed by atoms with Crippen LogP contribution in [0.4, 0.5) is 0 Å². The molecule has 0 bridgehead atoms. The third-order valence-corrected chi connectivity index (χ3v) is 4.03.